The van der Waals surface area contributed by atoms with Crippen molar-refractivity contribution in [2.24, 2.45) is 0 Å². The van der Waals surface area contributed by atoms with Crippen LogP contribution in [0.3, 0.4) is 0 Å². The fourth-order valence-corrected chi connectivity index (χ4v) is 4.98. The largest absolute Gasteiger partial charge is 0.534 e. The van der Waals surface area contributed by atoms with E-state index in [1.54, 1.807) is 30.8 Å². The van der Waals surface area contributed by atoms with Gasteiger partial charge in [-0.15, -0.1) is 11.8 Å². The topological polar surface area (TPSA) is 43.4 Å². The van der Waals surface area contributed by atoms with Gasteiger partial charge in [0, 0.05) is 5.41 Å². The Hall–Kier alpha value is -1.67. The number of hydrogen-bond donors (Lipinski definition) is 0. The van der Waals surface area contributed by atoms with Crippen molar-refractivity contribution in [3.8, 4) is 5.75 Å². The van der Waals surface area contributed by atoms with Gasteiger partial charge in [-0.05, 0) is 67.5 Å². The van der Waals surface area contributed by atoms with E-state index in [-0.39, 0.29) is 11.2 Å². The van der Waals surface area contributed by atoms with Crippen LogP contribution >= 0.6 is 11.8 Å². The predicted molar refractivity (Wildman–Crippen MR) is 124 cm³/mol. The van der Waals surface area contributed by atoms with Gasteiger partial charge in [0.15, 0.2) is 0 Å². The number of alkyl halides is 3. The van der Waals surface area contributed by atoms with Crippen molar-refractivity contribution in [2.75, 3.05) is 6.26 Å². The molecule has 0 saturated carbocycles. The lowest BCUT2D eigenvalue weighted by molar-refractivity contribution is -0.0500. The van der Waals surface area contributed by atoms with E-state index in [2.05, 4.69) is 37.1 Å². The summed E-state index contributed by atoms with van der Waals surface area (Å²) in [5.74, 6) is -0.322. The summed E-state index contributed by atoms with van der Waals surface area (Å²) in [7, 11) is -5.71. The summed E-state index contributed by atoms with van der Waals surface area (Å²) in [5, 5.41) is 0. The van der Waals surface area contributed by atoms with E-state index in [1.165, 1.54) is 6.07 Å². The van der Waals surface area contributed by atoms with Gasteiger partial charge in [0.25, 0.3) is 0 Å². The molecule has 3 nitrogen and oxygen atoms in total. The summed E-state index contributed by atoms with van der Waals surface area (Å²) >= 11 is 1.63. The third-order valence-corrected chi connectivity index (χ3v) is 7.11. The van der Waals surface area contributed by atoms with E-state index >= 15 is 0 Å². The highest BCUT2D eigenvalue weighted by atomic mass is 32.2. The summed E-state index contributed by atoms with van der Waals surface area (Å²) < 4.78 is 65.1. The van der Waals surface area contributed by atoms with Gasteiger partial charge in [0.1, 0.15) is 5.75 Å². The molecule has 0 aliphatic heterocycles. The fourth-order valence-electron chi connectivity index (χ4n) is 3.36. The molecule has 0 aliphatic rings. The van der Waals surface area contributed by atoms with Crippen LogP contribution in [0.5, 0.6) is 5.75 Å². The van der Waals surface area contributed by atoms with E-state index in [9.17, 15) is 21.6 Å². The zero-order chi connectivity index (χ0) is 23.9. The molecular formula is C23H31F3O3S2. The van der Waals surface area contributed by atoms with Crippen LogP contribution in [-0.4, -0.2) is 20.2 Å². The maximum absolute atomic E-state index is 12.7. The van der Waals surface area contributed by atoms with Gasteiger partial charge in [-0.1, -0.05) is 56.7 Å². The van der Waals surface area contributed by atoms with Crippen LogP contribution in [0.2, 0.25) is 0 Å². The molecule has 0 fully saturated rings. The predicted octanol–water partition coefficient (Wildman–Crippen LogP) is 7.44. The smallest absolute Gasteiger partial charge is 0.376 e. The van der Waals surface area contributed by atoms with Crippen LogP contribution in [0.25, 0.3) is 0 Å². The van der Waals surface area contributed by atoms with Crippen LogP contribution in [0, 0.1) is 6.92 Å². The van der Waals surface area contributed by atoms with Gasteiger partial charge in [0.05, 0.1) is 0 Å². The minimum absolute atomic E-state index is 0.322. The molecule has 0 radical (unpaired) electrons. The number of aryl methyl sites for hydroxylation is 1. The van der Waals surface area contributed by atoms with Crippen molar-refractivity contribution >= 4 is 21.9 Å². The fraction of sp³-hybridized carbons (Fsp3) is 0.478. The monoisotopic (exact) mass is 476 g/mol. The van der Waals surface area contributed by atoms with E-state index in [0.29, 0.717) is 5.56 Å². The van der Waals surface area contributed by atoms with Crippen LogP contribution in [0.4, 0.5) is 13.2 Å². The molecule has 0 saturated heterocycles. The molecule has 1 aromatic carbocycles. The molecule has 0 aliphatic carbocycles. The minimum atomic E-state index is -5.71. The average Bonchev–Trinajstić information content (AvgIpc) is 2.69. The molecule has 1 rings (SSSR count). The number of rotatable bonds is 10. The molecule has 0 spiro atoms. The molecule has 0 bridgehead atoms. The highest BCUT2D eigenvalue weighted by Crippen LogP contribution is 2.45. The van der Waals surface area contributed by atoms with Crippen molar-refractivity contribution in [1.29, 1.82) is 0 Å². The van der Waals surface area contributed by atoms with Gasteiger partial charge < -0.3 is 4.18 Å². The first kappa shape index (κ1) is 27.4. The zero-order valence-corrected chi connectivity index (χ0v) is 20.5. The van der Waals surface area contributed by atoms with Crippen molar-refractivity contribution in [2.45, 2.75) is 64.8 Å². The van der Waals surface area contributed by atoms with E-state index < -0.39 is 15.6 Å². The Kier molecular flexibility index (Phi) is 9.95. The van der Waals surface area contributed by atoms with Crippen molar-refractivity contribution in [1.82, 2.24) is 0 Å². The molecule has 8 heteroatoms. The second-order valence-corrected chi connectivity index (χ2v) is 9.60. The quantitative estimate of drug-likeness (QED) is 0.200. The Balaban J connectivity index is 3.47. The standard InChI is InChI=1S/C23H31F3O3S2/c1-7-10-11-12-17(4)15-21(30-6)22(8-2,9-3)19-13-14-20(18(5)16-19)29-31(27,28)23(24,25)26/h10-16H,7-9H2,1-6H3/b11-10+,17-12+,21-15-. The van der Waals surface area contributed by atoms with Crippen LogP contribution in [0.1, 0.15) is 58.1 Å². The van der Waals surface area contributed by atoms with Gasteiger partial charge >= 0.3 is 15.6 Å². The maximum Gasteiger partial charge on any atom is 0.534 e. The van der Waals surface area contributed by atoms with Crippen LogP contribution < -0.4 is 4.18 Å². The molecule has 0 unspecified atom stereocenters. The normalized spacial score (nSPS) is 14.4. The van der Waals surface area contributed by atoms with Crippen molar-refractivity contribution in [3.05, 3.63) is 64.1 Å². The molecule has 0 aromatic heterocycles. The Morgan fingerprint density at radius 2 is 1.77 bits per heavy atom. The van der Waals surface area contributed by atoms with Crippen molar-refractivity contribution in [3.63, 3.8) is 0 Å². The third-order valence-electron chi connectivity index (χ3n) is 5.20. The van der Waals surface area contributed by atoms with E-state index in [4.69, 9.17) is 0 Å². The molecule has 31 heavy (non-hydrogen) atoms. The average molecular weight is 477 g/mol. The zero-order valence-electron chi connectivity index (χ0n) is 18.8. The maximum atomic E-state index is 12.7. The van der Waals surface area contributed by atoms with Crippen molar-refractivity contribution < 1.29 is 25.8 Å². The summed E-state index contributed by atoms with van der Waals surface area (Å²) in [6.07, 6.45) is 12.8. The molecule has 0 heterocycles. The summed E-state index contributed by atoms with van der Waals surface area (Å²) in [4.78, 5) is 1.13. The SMILES string of the molecule is CC/C=C/C=C(C)/C=C(\SC)C(CC)(CC)c1ccc(OS(=O)(=O)C(F)(F)F)c(C)c1. The number of benzene rings is 1. The molecule has 1 aromatic rings. The lowest BCUT2D eigenvalue weighted by atomic mass is 9.74. The lowest BCUT2D eigenvalue weighted by Gasteiger charge is -2.35. The minimum Gasteiger partial charge on any atom is -0.376 e. The lowest BCUT2D eigenvalue weighted by Crippen LogP contribution is -2.29. The van der Waals surface area contributed by atoms with Gasteiger partial charge in [-0.2, -0.15) is 21.6 Å². The summed E-state index contributed by atoms with van der Waals surface area (Å²) in [6, 6.07) is 4.67. The van der Waals surface area contributed by atoms with Crippen LogP contribution in [-0.2, 0) is 15.5 Å². The first-order chi connectivity index (χ1) is 14.4. The third kappa shape index (κ3) is 6.65. The first-order valence-corrected chi connectivity index (χ1v) is 12.7. The summed E-state index contributed by atoms with van der Waals surface area (Å²) in [5.41, 5.74) is -3.50. The van der Waals surface area contributed by atoms with E-state index in [0.717, 1.165) is 35.3 Å². The molecule has 174 valence electrons. The molecule has 0 N–H and O–H groups in total. The highest BCUT2D eigenvalue weighted by molar-refractivity contribution is 8.02. The molecule has 0 atom stereocenters. The second-order valence-electron chi connectivity index (χ2n) is 7.21. The molecule has 0 amide bonds. The Morgan fingerprint density at radius 3 is 2.23 bits per heavy atom. The molecular weight excluding hydrogens is 445 g/mol. The number of allylic oxidation sites excluding steroid dienone is 6. The van der Waals surface area contributed by atoms with Crippen LogP contribution in [0.15, 0.2) is 53.0 Å². The highest BCUT2D eigenvalue weighted by Gasteiger charge is 2.48. The Morgan fingerprint density at radius 1 is 1.16 bits per heavy atom. The van der Waals surface area contributed by atoms with Gasteiger partial charge in [-0.3, -0.25) is 0 Å². The Labute approximate surface area is 188 Å². The first-order valence-electron chi connectivity index (χ1n) is 10.1. The second kappa shape index (κ2) is 11.3. The summed E-state index contributed by atoms with van der Waals surface area (Å²) in [6.45, 7) is 9.77. The number of halogens is 3. The van der Waals surface area contributed by atoms with E-state index in [1.807, 2.05) is 25.3 Å². The van der Waals surface area contributed by atoms with Gasteiger partial charge in [-0.25, -0.2) is 0 Å². The number of thioether (sulfide) groups is 1. The Bertz CT molecular complexity index is 939. The van der Waals surface area contributed by atoms with Gasteiger partial charge in [0.2, 0.25) is 0 Å². The number of hydrogen-bond acceptors (Lipinski definition) is 4.